The van der Waals surface area contributed by atoms with Crippen molar-refractivity contribution >= 4 is 11.8 Å². The topological polar surface area (TPSA) is 69.6 Å². The van der Waals surface area contributed by atoms with Crippen molar-refractivity contribution in [2.24, 2.45) is 0 Å². The SMILES string of the molecule is C[C@@H](C(=O)NCCO)N(Cc1ccc(F)cc1)C(=O)Cc1ccccc1. The zero-order valence-electron chi connectivity index (χ0n) is 14.7. The highest BCUT2D eigenvalue weighted by atomic mass is 19.1. The first-order valence-corrected chi connectivity index (χ1v) is 8.47. The maximum absolute atomic E-state index is 13.1. The Hall–Kier alpha value is -2.73. The Labute approximate surface area is 152 Å². The van der Waals surface area contributed by atoms with Gasteiger partial charge < -0.3 is 15.3 Å². The maximum atomic E-state index is 13.1. The van der Waals surface area contributed by atoms with Gasteiger partial charge in [0.05, 0.1) is 13.0 Å². The van der Waals surface area contributed by atoms with E-state index in [0.717, 1.165) is 11.1 Å². The van der Waals surface area contributed by atoms with E-state index in [1.165, 1.54) is 17.0 Å². The normalized spacial score (nSPS) is 11.7. The fraction of sp³-hybridized carbons (Fsp3) is 0.300. The number of rotatable bonds is 8. The van der Waals surface area contributed by atoms with E-state index in [2.05, 4.69) is 5.32 Å². The molecule has 0 saturated heterocycles. The number of hydrogen-bond acceptors (Lipinski definition) is 3. The second kappa shape index (κ2) is 9.68. The molecule has 0 aliphatic rings. The van der Waals surface area contributed by atoms with E-state index >= 15 is 0 Å². The smallest absolute Gasteiger partial charge is 0.242 e. The number of hydrogen-bond donors (Lipinski definition) is 2. The minimum Gasteiger partial charge on any atom is -0.395 e. The number of carbonyl (C=O) groups excluding carboxylic acids is 2. The molecule has 138 valence electrons. The van der Waals surface area contributed by atoms with Gasteiger partial charge in [0, 0.05) is 13.1 Å². The highest BCUT2D eigenvalue weighted by Gasteiger charge is 2.26. The summed E-state index contributed by atoms with van der Waals surface area (Å²) in [7, 11) is 0. The molecule has 6 heteroatoms. The number of aliphatic hydroxyl groups is 1. The van der Waals surface area contributed by atoms with Crippen molar-refractivity contribution in [3.05, 3.63) is 71.5 Å². The monoisotopic (exact) mass is 358 g/mol. The Morgan fingerprint density at radius 1 is 1.08 bits per heavy atom. The molecule has 2 rings (SSSR count). The lowest BCUT2D eigenvalue weighted by molar-refractivity contribution is -0.140. The van der Waals surface area contributed by atoms with Crippen LogP contribution in [-0.4, -0.2) is 41.0 Å². The van der Waals surface area contributed by atoms with Gasteiger partial charge in [0.15, 0.2) is 0 Å². The second-order valence-corrected chi connectivity index (χ2v) is 6.00. The van der Waals surface area contributed by atoms with Crippen molar-refractivity contribution in [2.45, 2.75) is 25.9 Å². The minimum absolute atomic E-state index is 0.125. The first-order chi connectivity index (χ1) is 12.5. The molecule has 0 saturated carbocycles. The zero-order chi connectivity index (χ0) is 18.9. The second-order valence-electron chi connectivity index (χ2n) is 6.00. The molecule has 0 bridgehead atoms. The van der Waals surface area contributed by atoms with Crippen LogP contribution in [0.15, 0.2) is 54.6 Å². The molecule has 26 heavy (non-hydrogen) atoms. The summed E-state index contributed by atoms with van der Waals surface area (Å²) in [5, 5.41) is 11.5. The van der Waals surface area contributed by atoms with E-state index in [1.807, 2.05) is 30.3 Å². The average molecular weight is 358 g/mol. The van der Waals surface area contributed by atoms with E-state index in [9.17, 15) is 14.0 Å². The van der Waals surface area contributed by atoms with Crippen LogP contribution in [0.2, 0.25) is 0 Å². The van der Waals surface area contributed by atoms with Gasteiger partial charge in [0.2, 0.25) is 11.8 Å². The van der Waals surface area contributed by atoms with Gasteiger partial charge in [-0.2, -0.15) is 0 Å². The van der Waals surface area contributed by atoms with Crippen LogP contribution in [0.3, 0.4) is 0 Å². The largest absolute Gasteiger partial charge is 0.395 e. The summed E-state index contributed by atoms with van der Waals surface area (Å²) >= 11 is 0. The van der Waals surface area contributed by atoms with Gasteiger partial charge in [-0.15, -0.1) is 0 Å². The van der Waals surface area contributed by atoms with Crippen molar-refractivity contribution in [1.29, 1.82) is 0 Å². The van der Waals surface area contributed by atoms with Crippen molar-refractivity contribution in [3.8, 4) is 0 Å². The van der Waals surface area contributed by atoms with Gasteiger partial charge in [-0.05, 0) is 30.2 Å². The van der Waals surface area contributed by atoms with E-state index in [0.29, 0.717) is 0 Å². The van der Waals surface area contributed by atoms with E-state index in [-0.39, 0.29) is 43.7 Å². The molecule has 0 aliphatic heterocycles. The standard InChI is InChI=1S/C20H23FN2O3/c1-15(20(26)22-11-12-24)23(14-17-7-9-18(21)10-8-17)19(25)13-16-5-3-2-4-6-16/h2-10,15,24H,11-14H2,1H3,(H,22,26)/t15-/m0/s1. The van der Waals surface area contributed by atoms with Gasteiger partial charge in [-0.1, -0.05) is 42.5 Å². The number of benzene rings is 2. The molecule has 2 aromatic rings. The van der Waals surface area contributed by atoms with Gasteiger partial charge >= 0.3 is 0 Å². The molecular weight excluding hydrogens is 335 g/mol. The molecule has 0 radical (unpaired) electrons. The lowest BCUT2D eigenvalue weighted by Crippen LogP contribution is -2.48. The molecule has 0 unspecified atom stereocenters. The van der Waals surface area contributed by atoms with Crippen LogP contribution in [0.4, 0.5) is 4.39 Å². The first-order valence-electron chi connectivity index (χ1n) is 8.47. The van der Waals surface area contributed by atoms with Crippen LogP contribution in [0.1, 0.15) is 18.1 Å². The van der Waals surface area contributed by atoms with Crippen molar-refractivity contribution in [1.82, 2.24) is 10.2 Å². The van der Waals surface area contributed by atoms with Gasteiger partial charge in [-0.3, -0.25) is 9.59 Å². The number of nitrogens with zero attached hydrogens (tertiary/aromatic N) is 1. The molecule has 1 atom stereocenters. The van der Waals surface area contributed by atoms with Crippen molar-refractivity contribution in [2.75, 3.05) is 13.2 Å². The highest BCUT2D eigenvalue weighted by molar-refractivity contribution is 5.88. The van der Waals surface area contributed by atoms with Crippen LogP contribution in [0, 0.1) is 5.82 Å². The van der Waals surface area contributed by atoms with Gasteiger partial charge in [-0.25, -0.2) is 4.39 Å². The Bertz CT molecular complexity index is 720. The fourth-order valence-electron chi connectivity index (χ4n) is 2.57. The number of carbonyl (C=O) groups is 2. The summed E-state index contributed by atoms with van der Waals surface area (Å²) in [4.78, 5) is 26.6. The molecular formula is C20H23FN2O3. The maximum Gasteiger partial charge on any atom is 0.242 e. The Balaban J connectivity index is 2.17. The Kier molecular flexibility index (Phi) is 7.29. The summed E-state index contributed by atoms with van der Waals surface area (Å²) in [5.74, 6) is -0.903. The molecule has 0 heterocycles. The van der Waals surface area contributed by atoms with Crippen LogP contribution in [0.5, 0.6) is 0 Å². The molecule has 2 N–H and O–H groups in total. The number of aliphatic hydroxyl groups excluding tert-OH is 1. The Morgan fingerprint density at radius 3 is 2.35 bits per heavy atom. The zero-order valence-corrected chi connectivity index (χ0v) is 14.7. The van der Waals surface area contributed by atoms with Crippen LogP contribution in [-0.2, 0) is 22.6 Å². The summed E-state index contributed by atoms with van der Waals surface area (Å²) < 4.78 is 13.1. The van der Waals surface area contributed by atoms with Gasteiger partial charge in [0.25, 0.3) is 0 Å². The highest BCUT2D eigenvalue weighted by Crippen LogP contribution is 2.13. The van der Waals surface area contributed by atoms with E-state index in [4.69, 9.17) is 5.11 Å². The molecule has 0 spiro atoms. The minimum atomic E-state index is -0.720. The van der Waals surface area contributed by atoms with Crippen molar-refractivity contribution < 1.29 is 19.1 Å². The molecule has 0 aliphatic carbocycles. The molecule has 0 aromatic heterocycles. The van der Waals surface area contributed by atoms with E-state index in [1.54, 1.807) is 19.1 Å². The lowest BCUT2D eigenvalue weighted by atomic mass is 10.1. The summed E-state index contributed by atoms with van der Waals surface area (Å²) in [6, 6.07) is 14.4. The number of halogens is 1. The van der Waals surface area contributed by atoms with E-state index < -0.39 is 6.04 Å². The first kappa shape index (κ1) is 19.6. The van der Waals surface area contributed by atoms with Crippen LogP contribution >= 0.6 is 0 Å². The van der Waals surface area contributed by atoms with Crippen LogP contribution < -0.4 is 5.32 Å². The summed E-state index contributed by atoms with van der Waals surface area (Å²) in [5.41, 5.74) is 1.58. The molecule has 5 nitrogen and oxygen atoms in total. The lowest BCUT2D eigenvalue weighted by Gasteiger charge is -2.29. The van der Waals surface area contributed by atoms with Crippen molar-refractivity contribution in [3.63, 3.8) is 0 Å². The predicted octanol–water partition coefficient (Wildman–Crippen LogP) is 1.89. The summed E-state index contributed by atoms with van der Waals surface area (Å²) in [6.45, 7) is 1.79. The quantitative estimate of drug-likeness (QED) is 0.757. The fourth-order valence-corrected chi connectivity index (χ4v) is 2.57. The number of nitrogens with one attached hydrogen (secondary N) is 1. The average Bonchev–Trinajstić information content (AvgIpc) is 2.65. The molecule has 2 aromatic carbocycles. The molecule has 2 amide bonds. The third kappa shape index (κ3) is 5.67. The third-order valence-corrected chi connectivity index (χ3v) is 4.04. The van der Waals surface area contributed by atoms with Crippen LogP contribution in [0.25, 0.3) is 0 Å². The molecule has 0 fully saturated rings. The van der Waals surface area contributed by atoms with Gasteiger partial charge in [0.1, 0.15) is 11.9 Å². The third-order valence-electron chi connectivity index (χ3n) is 4.04. The summed E-state index contributed by atoms with van der Waals surface area (Å²) in [6.07, 6.45) is 0.166. The Morgan fingerprint density at radius 2 is 1.73 bits per heavy atom. The predicted molar refractivity (Wildman–Crippen MR) is 96.7 cm³/mol. The number of amides is 2.